The average Bonchev–Trinajstić information content (AvgIpc) is 2.92. The molecule has 1 fully saturated rings. The maximum atomic E-state index is 6.24. The Bertz CT molecular complexity index is 470. The number of rotatable bonds is 7. The maximum absolute atomic E-state index is 6.24. The van der Waals surface area contributed by atoms with Crippen LogP contribution in [-0.4, -0.2) is 31.3 Å². The highest BCUT2D eigenvalue weighted by atomic mass is 35.5. The van der Waals surface area contributed by atoms with Gasteiger partial charge in [-0.15, -0.1) is 0 Å². The number of halogens is 1. The average molecular weight is 330 g/mol. The Morgan fingerprint density at radius 2 is 2.10 bits per heavy atom. The van der Waals surface area contributed by atoms with Crippen LogP contribution in [0.4, 0.5) is 0 Å². The van der Waals surface area contributed by atoms with E-state index in [4.69, 9.17) is 21.1 Å². The van der Waals surface area contributed by atoms with Crippen molar-refractivity contribution in [1.29, 1.82) is 0 Å². The van der Waals surface area contributed by atoms with Crippen molar-refractivity contribution in [3.8, 4) is 11.5 Å². The van der Waals surface area contributed by atoms with Gasteiger partial charge in [-0.25, -0.2) is 0 Å². The number of nitrogens with one attached hydrogen (secondary N) is 1. The number of hydrogen-bond acceptors (Lipinski definition) is 4. The van der Waals surface area contributed by atoms with Gasteiger partial charge in [0.2, 0.25) is 0 Å². The number of methoxy groups -OCH3 is 2. The zero-order valence-corrected chi connectivity index (χ0v) is 14.5. The summed E-state index contributed by atoms with van der Waals surface area (Å²) in [6.45, 7) is 3.05. The highest BCUT2D eigenvalue weighted by Crippen LogP contribution is 2.36. The molecule has 1 saturated carbocycles. The van der Waals surface area contributed by atoms with Crippen molar-refractivity contribution < 1.29 is 9.47 Å². The number of thioether (sulfide) groups is 1. The Morgan fingerprint density at radius 1 is 1.29 bits per heavy atom. The fourth-order valence-electron chi connectivity index (χ4n) is 2.85. The molecular formula is C16H24ClNO2S. The first kappa shape index (κ1) is 16.8. The molecule has 0 spiro atoms. The van der Waals surface area contributed by atoms with Gasteiger partial charge in [0.1, 0.15) is 0 Å². The van der Waals surface area contributed by atoms with E-state index in [-0.39, 0.29) is 0 Å². The van der Waals surface area contributed by atoms with Crippen LogP contribution in [-0.2, 0) is 6.54 Å². The monoisotopic (exact) mass is 329 g/mol. The molecule has 118 valence electrons. The van der Waals surface area contributed by atoms with Crippen LogP contribution in [0.25, 0.3) is 0 Å². The molecule has 1 aliphatic rings. The van der Waals surface area contributed by atoms with Crippen LogP contribution in [0.5, 0.6) is 11.5 Å². The second-order valence-corrected chi connectivity index (χ2v) is 7.27. The first-order valence-electron chi connectivity index (χ1n) is 7.43. The molecule has 0 radical (unpaired) electrons. The molecule has 2 atom stereocenters. The second-order valence-electron chi connectivity index (χ2n) is 5.28. The van der Waals surface area contributed by atoms with Gasteiger partial charge in [0, 0.05) is 17.8 Å². The van der Waals surface area contributed by atoms with E-state index in [1.54, 1.807) is 14.2 Å². The molecule has 1 aliphatic carbocycles. The lowest BCUT2D eigenvalue weighted by atomic mass is 10.1. The summed E-state index contributed by atoms with van der Waals surface area (Å²) in [6, 6.07) is 4.55. The largest absolute Gasteiger partial charge is 0.493 e. The van der Waals surface area contributed by atoms with Crippen molar-refractivity contribution in [2.75, 3.05) is 20.0 Å². The van der Waals surface area contributed by atoms with E-state index in [1.165, 1.54) is 25.0 Å². The lowest BCUT2D eigenvalue weighted by Gasteiger charge is -2.15. The van der Waals surface area contributed by atoms with E-state index in [0.29, 0.717) is 22.6 Å². The lowest BCUT2D eigenvalue weighted by Crippen LogP contribution is -2.26. The second kappa shape index (κ2) is 8.16. The van der Waals surface area contributed by atoms with Crippen molar-refractivity contribution in [2.45, 2.75) is 44.0 Å². The third-order valence-electron chi connectivity index (χ3n) is 3.88. The molecule has 2 unspecified atom stereocenters. The first-order valence-corrected chi connectivity index (χ1v) is 8.86. The molecule has 1 aromatic carbocycles. The molecule has 1 aromatic rings. The molecule has 21 heavy (non-hydrogen) atoms. The Balaban J connectivity index is 1.93. The summed E-state index contributed by atoms with van der Waals surface area (Å²) in [4.78, 5) is 0. The smallest absolute Gasteiger partial charge is 0.179 e. The quantitative estimate of drug-likeness (QED) is 0.815. The molecule has 0 aromatic heterocycles. The van der Waals surface area contributed by atoms with Gasteiger partial charge >= 0.3 is 0 Å². The molecule has 5 heteroatoms. The Morgan fingerprint density at radius 3 is 2.76 bits per heavy atom. The van der Waals surface area contributed by atoms with E-state index in [2.05, 4.69) is 24.0 Å². The van der Waals surface area contributed by atoms with Crippen molar-refractivity contribution in [3.63, 3.8) is 0 Å². The SMILES string of the molecule is CCSC1CCC(NCc2cc(Cl)c(OC)c(OC)c2)C1. The first-order chi connectivity index (χ1) is 10.2. The molecule has 0 saturated heterocycles. The minimum absolute atomic E-state index is 0.597. The summed E-state index contributed by atoms with van der Waals surface area (Å²) in [7, 11) is 3.24. The van der Waals surface area contributed by atoms with Crippen LogP contribution in [0, 0.1) is 0 Å². The minimum Gasteiger partial charge on any atom is -0.493 e. The number of benzene rings is 1. The van der Waals surface area contributed by atoms with Crippen LogP contribution in [0.3, 0.4) is 0 Å². The van der Waals surface area contributed by atoms with Gasteiger partial charge in [-0.1, -0.05) is 18.5 Å². The summed E-state index contributed by atoms with van der Waals surface area (Å²) in [5.41, 5.74) is 1.13. The topological polar surface area (TPSA) is 30.5 Å². The van der Waals surface area contributed by atoms with Crippen LogP contribution < -0.4 is 14.8 Å². The van der Waals surface area contributed by atoms with Gasteiger partial charge in [0.15, 0.2) is 11.5 Å². The van der Waals surface area contributed by atoms with Gasteiger partial charge in [-0.05, 0) is 42.7 Å². The van der Waals surface area contributed by atoms with Gasteiger partial charge in [-0.2, -0.15) is 11.8 Å². The molecule has 0 bridgehead atoms. The summed E-state index contributed by atoms with van der Waals surface area (Å²) in [5, 5.41) is 5.05. The van der Waals surface area contributed by atoms with E-state index in [0.717, 1.165) is 17.4 Å². The third-order valence-corrected chi connectivity index (χ3v) is 5.39. The van der Waals surface area contributed by atoms with Gasteiger partial charge in [0.25, 0.3) is 0 Å². The Hall–Kier alpha value is -0.580. The van der Waals surface area contributed by atoms with E-state index < -0.39 is 0 Å². The summed E-state index contributed by atoms with van der Waals surface area (Å²) >= 11 is 8.32. The fraction of sp³-hybridized carbons (Fsp3) is 0.625. The molecule has 0 amide bonds. The van der Waals surface area contributed by atoms with Gasteiger partial charge < -0.3 is 14.8 Å². The van der Waals surface area contributed by atoms with Crippen molar-refractivity contribution in [2.24, 2.45) is 0 Å². The zero-order valence-electron chi connectivity index (χ0n) is 12.9. The fourth-order valence-corrected chi connectivity index (χ4v) is 4.30. The minimum atomic E-state index is 0.597. The molecule has 1 N–H and O–H groups in total. The standard InChI is InChI=1S/C16H24ClNO2S/c1-4-21-13-6-5-12(9-13)18-10-11-7-14(17)16(20-3)15(8-11)19-2/h7-8,12-13,18H,4-6,9-10H2,1-3H3. The van der Waals surface area contributed by atoms with Crippen molar-refractivity contribution in [3.05, 3.63) is 22.7 Å². The van der Waals surface area contributed by atoms with E-state index in [9.17, 15) is 0 Å². The molecular weight excluding hydrogens is 306 g/mol. The highest BCUT2D eigenvalue weighted by Gasteiger charge is 2.24. The van der Waals surface area contributed by atoms with E-state index in [1.807, 2.05) is 12.1 Å². The zero-order chi connectivity index (χ0) is 15.2. The van der Waals surface area contributed by atoms with Crippen LogP contribution in [0.1, 0.15) is 31.7 Å². The highest BCUT2D eigenvalue weighted by molar-refractivity contribution is 7.99. The Kier molecular flexibility index (Phi) is 6.52. The van der Waals surface area contributed by atoms with Crippen molar-refractivity contribution in [1.82, 2.24) is 5.32 Å². The lowest BCUT2D eigenvalue weighted by molar-refractivity contribution is 0.354. The van der Waals surface area contributed by atoms with Crippen LogP contribution in [0.2, 0.25) is 5.02 Å². The Labute approximate surface area is 136 Å². The van der Waals surface area contributed by atoms with Gasteiger partial charge in [0.05, 0.1) is 19.2 Å². The summed E-state index contributed by atoms with van der Waals surface area (Å²) < 4.78 is 10.6. The van der Waals surface area contributed by atoms with Crippen molar-refractivity contribution >= 4 is 23.4 Å². The molecule has 2 rings (SSSR count). The summed E-state index contributed by atoms with van der Waals surface area (Å²) in [5.74, 6) is 2.50. The maximum Gasteiger partial charge on any atom is 0.179 e. The summed E-state index contributed by atoms with van der Waals surface area (Å²) in [6.07, 6.45) is 3.85. The predicted molar refractivity (Wildman–Crippen MR) is 91.0 cm³/mol. The molecule has 0 heterocycles. The normalized spacial score (nSPS) is 21.5. The molecule has 0 aliphatic heterocycles. The molecule has 3 nitrogen and oxygen atoms in total. The van der Waals surface area contributed by atoms with E-state index >= 15 is 0 Å². The van der Waals surface area contributed by atoms with Crippen LogP contribution in [0.15, 0.2) is 12.1 Å². The van der Waals surface area contributed by atoms with Gasteiger partial charge in [-0.3, -0.25) is 0 Å². The predicted octanol–water partition coefficient (Wildman–Crippen LogP) is 4.12. The van der Waals surface area contributed by atoms with Crippen LogP contribution >= 0.6 is 23.4 Å². The number of hydrogen-bond donors (Lipinski definition) is 1. The number of ether oxygens (including phenoxy) is 2. The third kappa shape index (κ3) is 4.44.